The molecule has 0 unspecified atom stereocenters. The highest BCUT2D eigenvalue weighted by atomic mass is 16.5. The topological polar surface area (TPSA) is 68.0 Å². The maximum Gasteiger partial charge on any atom is 0.224 e. The van der Waals surface area contributed by atoms with Crippen molar-refractivity contribution in [2.75, 3.05) is 5.32 Å². The van der Waals surface area contributed by atoms with Crippen LogP contribution in [-0.2, 0) is 11.2 Å². The molecule has 3 rings (SSSR count). The molecule has 0 saturated heterocycles. The van der Waals surface area contributed by atoms with Gasteiger partial charge < -0.3 is 9.84 Å². The van der Waals surface area contributed by atoms with Crippen LogP contribution in [0, 0.1) is 13.8 Å². The fourth-order valence-corrected chi connectivity index (χ4v) is 2.52. The Kier molecular flexibility index (Phi) is 3.87. The molecule has 112 valence electrons. The van der Waals surface area contributed by atoms with Gasteiger partial charge in [-0.15, -0.1) is 0 Å². The van der Waals surface area contributed by atoms with Gasteiger partial charge in [-0.3, -0.25) is 9.78 Å². The number of carbonyl (C=O) groups is 1. The van der Waals surface area contributed by atoms with Gasteiger partial charge in [0.15, 0.2) is 0 Å². The molecule has 1 amide bonds. The summed E-state index contributed by atoms with van der Waals surface area (Å²) in [6, 6.07) is 9.51. The Balaban J connectivity index is 1.71. The second kappa shape index (κ2) is 5.97. The molecule has 1 aromatic carbocycles. The van der Waals surface area contributed by atoms with Gasteiger partial charge in [0.25, 0.3) is 0 Å². The summed E-state index contributed by atoms with van der Waals surface area (Å²) in [4.78, 5) is 16.5. The third kappa shape index (κ3) is 2.83. The molecule has 1 N–H and O–H groups in total. The molecule has 2 aromatic heterocycles. The van der Waals surface area contributed by atoms with E-state index >= 15 is 0 Å². The molecule has 3 aromatic rings. The molecule has 0 aliphatic carbocycles. The highest BCUT2D eigenvalue weighted by Crippen LogP contribution is 2.22. The maximum atomic E-state index is 12.2. The molecule has 0 aliphatic rings. The number of pyridine rings is 1. The van der Waals surface area contributed by atoms with Crippen LogP contribution in [-0.4, -0.2) is 16.0 Å². The van der Waals surface area contributed by atoms with Gasteiger partial charge in [0.1, 0.15) is 5.76 Å². The Labute approximate surface area is 128 Å². The zero-order valence-electron chi connectivity index (χ0n) is 12.6. The van der Waals surface area contributed by atoms with Gasteiger partial charge >= 0.3 is 0 Å². The van der Waals surface area contributed by atoms with Crippen LogP contribution in [0.3, 0.4) is 0 Å². The summed E-state index contributed by atoms with van der Waals surface area (Å²) in [7, 11) is 0. The lowest BCUT2D eigenvalue weighted by Crippen LogP contribution is -2.13. The molecule has 22 heavy (non-hydrogen) atoms. The predicted octanol–water partition coefficient (Wildman–Crippen LogP) is 3.41. The van der Waals surface area contributed by atoms with Crippen molar-refractivity contribution in [3.8, 4) is 0 Å². The quantitative estimate of drug-likeness (QED) is 0.801. The van der Waals surface area contributed by atoms with E-state index in [1.807, 2.05) is 44.2 Å². The summed E-state index contributed by atoms with van der Waals surface area (Å²) in [5, 5.41) is 7.80. The first-order valence-electron chi connectivity index (χ1n) is 7.20. The van der Waals surface area contributed by atoms with E-state index in [1.54, 1.807) is 6.20 Å². The fraction of sp³-hybridized carbons (Fsp3) is 0.235. The van der Waals surface area contributed by atoms with E-state index in [2.05, 4.69) is 15.5 Å². The van der Waals surface area contributed by atoms with E-state index in [1.165, 1.54) is 0 Å². The highest BCUT2D eigenvalue weighted by molar-refractivity contribution is 6.00. The third-order valence-corrected chi connectivity index (χ3v) is 3.70. The number of carbonyl (C=O) groups excluding carboxylic acids is 1. The fourth-order valence-electron chi connectivity index (χ4n) is 2.52. The zero-order valence-corrected chi connectivity index (χ0v) is 12.6. The van der Waals surface area contributed by atoms with Crippen molar-refractivity contribution >= 4 is 22.5 Å². The van der Waals surface area contributed by atoms with Crippen LogP contribution in [0.15, 0.2) is 41.1 Å². The smallest absolute Gasteiger partial charge is 0.224 e. The molecule has 0 fully saturated rings. The number of amides is 1. The van der Waals surface area contributed by atoms with E-state index in [9.17, 15) is 4.79 Å². The van der Waals surface area contributed by atoms with Gasteiger partial charge in [-0.05, 0) is 44.5 Å². The normalized spacial score (nSPS) is 10.8. The van der Waals surface area contributed by atoms with Gasteiger partial charge in [0.05, 0.1) is 16.9 Å². The van der Waals surface area contributed by atoms with Gasteiger partial charge in [0, 0.05) is 23.6 Å². The second-order valence-electron chi connectivity index (χ2n) is 5.23. The Morgan fingerprint density at radius 3 is 2.86 bits per heavy atom. The summed E-state index contributed by atoms with van der Waals surface area (Å²) in [5.74, 6) is 0.746. The average Bonchev–Trinajstić information content (AvgIpc) is 2.84. The van der Waals surface area contributed by atoms with Crippen LogP contribution in [0.1, 0.15) is 23.4 Å². The molecule has 0 aliphatic heterocycles. The lowest BCUT2D eigenvalue weighted by Gasteiger charge is -2.08. The van der Waals surface area contributed by atoms with Crippen LogP contribution < -0.4 is 5.32 Å². The van der Waals surface area contributed by atoms with Crippen molar-refractivity contribution in [1.82, 2.24) is 10.1 Å². The van der Waals surface area contributed by atoms with Crippen molar-refractivity contribution in [3.05, 3.63) is 53.5 Å². The van der Waals surface area contributed by atoms with Crippen molar-refractivity contribution in [3.63, 3.8) is 0 Å². The minimum Gasteiger partial charge on any atom is -0.361 e. The van der Waals surface area contributed by atoms with Crippen molar-refractivity contribution in [1.29, 1.82) is 0 Å². The molecular weight excluding hydrogens is 278 g/mol. The first-order chi connectivity index (χ1) is 10.6. The van der Waals surface area contributed by atoms with Gasteiger partial charge in [0.2, 0.25) is 5.91 Å². The monoisotopic (exact) mass is 295 g/mol. The summed E-state index contributed by atoms with van der Waals surface area (Å²) in [5.41, 5.74) is 3.51. The second-order valence-corrected chi connectivity index (χ2v) is 5.23. The number of aromatic nitrogens is 2. The number of fused-ring (bicyclic) bond motifs is 1. The largest absolute Gasteiger partial charge is 0.361 e. The van der Waals surface area contributed by atoms with Crippen molar-refractivity contribution in [2.45, 2.75) is 26.7 Å². The van der Waals surface area contributed by atoms with Crippen molar-refractivity contribution < 1.29 is 9.32 Å². The summed E-state index contributed by atoms with van der Waals surface area (Å²) >= 11 is 0. The van der Waals surface area contributed by atoms with E-state index in [-0.39, 0.29) is 5.91 Å². The third-order valence-electron chi connectivity index (χ3n) is 3.70. The van der Waals surface area contributed by atoms with Crippen LogP contribution in [0.4, 0.5) is 5.69 Å². The lowest BCUT2D eigenvalue weighted by atomic mass is 10.1. The summed E-state index contributed by atoms with van der Waals surface area (Å²) in [6.07, 6.45) is 2.75. The molecule has 0 atom stereocenters. The molecule has 0 bridgehead atoms. The minimum atomic E-state index is -0.0312. The van der Waals surface area contributed by atoms with Gasteiger partial charge in [-0.1, -0.05) is 11.2 Å². The van der Waals surface area contributed by atoms with E-state index < -0.39 is 0 Å². The molecule has 0 spiro atoms. The number of nitrogens with zero attached hydrogens (tertiary/aromatic N) is 2. The number of anilines is 1. The molecule has 5 nitrogen and oxygen atoms in total. The number of hydrogen-bond donors (Lipinski definition) is 1. The molecule has 0 radical (unpaired) electrons. The lowest BCUT2D eigenvalue weighted by molar-refractivity contribution is -0.116. The van der Waals surface area contributed by atoms with Crippen molar-refractivity contribution in [2.24, 2.45) is 0 Å². The SMILES string of the molecule is Cc1noc(C)c1CCC(=O)Nc1cccc2ncccc12. The Morgan fingerprint density at radius 2 is 2.09 bits per heavy atom. The number of aryl methyl sites for hydroxylation is 2. The number of nitrogens with one attached hydrogen (secondary N) is 1. The summed E-state index contributed by atoms with van der Waals surface area (Å²) < 4.78 is 5.11. The van der Waals surface area contributed by atoms with Crippen LogP contribution in [0.2, 0.25) is 0 Å². The summed E-state index contributed by atoms with van der Waals surface area (Å²) in [6.45, 7) is 3.75. The van der Waals surface area contributed by atoms with E-state index in [0.29, 0.717) is 12.8 Å². The first kappa shape index (κ1) is 14.3. The zero-order chi connectivity index (χ0) is 15.5. The first-order valence-corrected chi connectivity index (χ1v) is 7.20. The molecule has 2 heterocycles. The maximum absolute atomic E-state index is 12.2. The Bertz CT molecular complexity index is 799. The van der Waals surface area contributed by atoms with E-state index in [4.69, 9.17) is 4.52 Å². The van der Waals surface area contributed by atoms with E-state index in [0.717, 1.165) is 33.6 Å². The predicted molar refractivity (Wildman–Crippen MR) is 84.7 cm³/mol. The number of benzene rings is 1. The molecule has 0 saturated carbocycles. The standard InChI is InChI=1S/C17H17N3O2/c1-11-13(12(2)22-20-11)8-9-17(21)19-16-7-3-6-15-14(16)5-4-10-18-15/h3-7,10H,8-9H2,1-2H3,(H,19,21). The highest BCUT2D eigenvalue weighted by Gasteiger charge is 2.12. The Hall–Kier alpha value is -2.69. The molecular formula is C17H17N3O2. The van der Waals surface area contributed by atoms with Crippen LogP contribution >= 0.6 is 0 Å². The molecule has 5 heteroatoms. The van der Waals surface area contributed by atoms with Crippen LogP contribution in [0.25, 0.3) is 10.9 Å². The average molecular weight is 295 g/mol. The van der Waals surface area contributed by atoms with Crippen LogP contribution in [0.5, 0.6) is 0 Å². The number of hydrogen-bond acceptors (Lipinski definition) is 4. The minimum absolute atomic E-state index is 0.0312. The van der Waals surface area contributed by atoms with Gasteiger partial charge in [-0.25, -0.2) is 0 Å². The van der Waals surface area contributed by atoms with Gasteiger partial charge in [-0.2, -0.15) is 0 Å². The number of rotatable bonds is 4. The Morgan fingerprint density at radius 1 is 1.23 bits per heavy atom.